The largest absolute Gasteiger partial charge is 0.393 e. The molecular formula is C11H18O. The van der Waals surface area contributed by atoms with Crippen LogP contribution in [0.2, 0.25) is 0 Å². The number of fused-ring (bicyclic) bond motifs is 5. The molecule has 68 valence electrons. The Morgan fingerprint density at radius 2 is 1.83 bits per heavy atom. The van der Waals surface area contributed by atoms with Gasteiger partial charge in [-0.1, -0.05) is 6.92 Å². The molecule has 0 radical (unpaired) electrons. The number of aliphatic hydroxyl groups is 1. The second-order valence-corrected chi connectivity index (χ2v) is 5.24. The highest BCUT2D eigenvalue weighted by molar-refractivity contribution is 5.04. The van der Waals surface area contributed by atoms with E-state index in [9.17, 15) is 5.11 Å². The zero-order chi connectivity index (χ0) is 8.29. The Balaban J connectivity index is 1.90. The van der Waals surface area contributed by atoms with Gasteiger partial charge in [0.1, 0.15) is 0 Å². The van der Waals surface area contributed by atoms with Crippen molar-refractivity contribution in [1.82, 2.24) is 0 Å². The van der Waals surface area contributed by atoms with Gasteiger partial charge in [-0.05, 0) is 55.3 Å². The summed E-state index contributed by atoms with van der Waals surface area (Å²) in [5.41, 5.74) is 0. The van der Waals surface area contributed by atoms with Crippen molar-refractivity contribution in [3.05, 3.63) is 0 Å². The monoisotopic (exact) mass is 166 g/mol. The maximum Gasteiger partial charge on any atom is 0.0571 e. The molecule has 1 nitrogen and oxygen atoms in total. The summed E-state index contributed by atoms with van der Waals surface area (Å²) in [4.78, 5) is 0. The molecular weight excluding hydrogens is 148 g/mol. The fourth-order valence-electron chi connectivity index (χ4n) is 4.37. The lowest BCUT2D eigenvalue weighted by Gasteiger charge is -2.26. The lowest BCUT2D eigenvalue weighted by atomic mass is 9.78. The van der Waals surface area contributed by atoms with E-state index in [0.717, 1.165) is 30.1 Å². The van der Waals surface area contributed by atoms with Gasteiger partial charge in [-0.15, -0.1) is 0 Å². The lowest BCUT2D eigenvalue weighted by Crippen LogP contribution is -2.22. The van der Waals surface area contributed by atoms with Crippen LogP contribution in [-0.2, 0) is 0 Å². The van der Waals surface area contributed by atoms with Crippen molar-refractivity contribution in [2.24, 2.45) is 29.6 Å². The van der Waals surface area contributed by atoms with Crippen molar-refractivity contribution in [3.63, 3.8) is 0 Å². The molecule has 3 aliphatic carbocycles. The molecule has 0 aliphatic heterocycles. The summed E-state index contributed by atoms with van der Waals surface area (Å²) in [5.74, 6) is 4.41. The molecule has 3 saturated carbocycles. The van der Waals surface area contributed by atoms with Gasteiger partial charge >= 0.3 is 0 Å². The number of hydrogen-bond donors (Lipinski definition) is 1. The van der Waals surface area contributed by atoms with E-state index >= 15 is 0 Å². The maximum atomic E-state index is 9.77. The quantitative estimate of drug-likeness (QED) is 0.584. The molecule has 6 atom stereocenters. The number of rotatable bonds is 0. The molecule has 0 heterocycles. The zero-order valence-corrected chi connectivity index (χ0v) is 7.74. The summed E-state index contributed by atoms with van der Waals surface area (Å²) < 4.78 is 0. The third-order valence-electron chi connectivity index (χ3n) is 4.89. The molecule has 0 aromatic heterocycles. The SMILES string of the molecule is C[C@@H]1C(O)CC2C3CCC(C3)C21. The Morgan fingerprint density at radius 3 is 2.58 bits per heavy atom. The van der Waals surface area contributed by atoms with Gasteiger partial charge in [0, 0.05) is 0 Å². The average molecular weight is 166 g/mol. The van der Waals surface area contributed by atoms with Crippen LogP contribution in [0.15, 0.2) is 0 Å². The first-order valence-electron chi connectivity index (χ1n) is 5.45. The van der Waals surface area contributed by atoms with Gasteiger partial charge in [0.25, 0.3) is 0 Å². The molecule has 0 spiro atoms. The van der Waals surface area contributed by atoms with Gasteiger partial charge in [-0.2, -0.15) is 0 Å². The fourth-order valence-corrected chi connectivity index (χ4v) is 4.37. The lowest BCUT2D eigenvalue weighted by molar-refractivity contribution is 0.115. The molecule has 0 aromatic rings. The highest BCUT2D eigenvalue weighted by Crippen LogP contribution is 2.60. The number of hydrogen-bond acceptors (Lipinski definition) is 1. The van der Waals surface area contributed by atoms with E-state index in [0.29, 0.717) is 5.92 Å². The molecule has 3 rings (SSSR count). The minimum absolute atomic E-state index is 0.0309. The molecule has 0 aromatic carbocycles. The molecule has 12 heavy (non-hydrogen) atoms. The Bertz CT molecular complexity index is 199. The van der Waals surface area contributed by atoms with Gasteiger partial charge < -0.3 is 5.11 Å². The molecule has 0 amide bonds. The summed E-state index contributed by atoms with van der Waals surface area (Å²) in [7, 11) is 0. The Labute approximate surface area is 74.2 Å². The van der Waals surface area contributed by atoms with Crippen LogP contribution in [0.1, 0.15) is 32.6 Å². The molecule has 1 heteroatoms. The third-order valence-corrected chi connectivity index (χ3v) is 4.89. The highest BCUT2D eigenvalue weighted by Gasteiger charge is 2.54. The second kappa shape index (κ2) is 2.25. The highest BCUT2D eigenvalue weighted by atomic mass is 16.3. The molecule has 0 saturated heterocycles. The predicted molar refractivity (Wildman–Crippen MR) is 47.6 cm³/mol. The Morgan fingerprint density at radius 1 is 1.08 bits per heavy atom. The predicted octanol–water partition coefficient (Wildman–Crippen LogP) is 2.05. The van der Waals surface area contributed by atoms with Gasteiger partial charge in [0.2, 0.25) is 0 Å². The molecule has 3 fully saturated rings. The van der Waals surface area contributed by atoms with Crippen molar-refractivity contribution >= 4 is 0 Å². The minimum atomic E-state index is 0.0309. The van der Waals surface area contributed by atoms with Crippen molar-refractivity contribution in [2.75, 3.05) is 0 Å². The first-order chi connectivity index (χ1) is 5.77. The first-order valence-corrected chi connectivity index (χ1v) is 5.45. The van der Waals surface area contributed by atoms with E-state index in [2.05, 4.69) is 6.92 Å². The molecule has 3 aliphatic rings. The fraction of sp³-hybridized carbons (Fsp3) is 1.00. The van der Waals surface area contributed by atoms with E-state index in [4.69, 9.17) is 0 Å². The van der Waals surface area contributed by atoms with Crippen LogP contribution < -0.4 is 0 Å². The van der Waals surface area contributed by atoms with Crippen molar-refractivity contribution in [2.45, 2.75) is 38.7 Å². The van der Waals surface area contributed by atoms with Crippen LogP contribution in [0.25, 0.3) is 0 Å². The van der Waals surface area contributed by atoms with Crippen molar-refractivity contribution < 1.29 is 5.11 Å². The van der Waals surface area contributed by atoms with Crippen molar-refractivity contribution in [3.8, 4) is 0 Å². The second-order valence-electron chi connectivity index (χ2n) is 5.24. The van der Waals surface area contributed by atoms with E-state index < -0.39 is 0 Å². The summed E-state index contributed by atoms with van der Waals surface area (Å²) >= 11 is 0. The molecule has 1 N–H and O–H groups in total. The smallest absolute Gasteiger partial charge is 0.0571 e. The van der Waals surface area contributed by atoms with Crippen LogP contribution in [0.4, 0.5) is 0 Å². The van der Waals surface area contributed by atoms with Crippen LogP contribution >= 0.6 is 0 Å². The van der Waals surface area contributed by atoms with Gasteiger partial charge in [-0.3, -0.25) is 0 Å². The summed E-state index contributed by atoms with van der Waals surface area (Å²) in [6.45, 7) is 2.26. The Hall–Kier alpha value is -0.0400. The normalized spacial score (nSPS) is 62.5. The van der Waals surface area contributed by atoms with Crippen LogP contribution in [0.5, 0.6) is 0 Å². The summed E-state index contributed by atoms with van der Waals surface area (Å²) in [5, 5.41) is 9.77. The topological polar surface area (TPSA) is 20.2 Å². The van der Waals surface area contributed by atoms with Crippen LogP contribution in [-0.4, -0.2) is 11.2 Å². The molecule has 5 unspecified atom stereocenters. The average Bonchev–Trinajstić information content (AvgIpc) is 2.66. The van der Waals surface area contributed by atoms with E-state index in [1.54, 1.807) is 0 Å². The van der Waals surface area contributed by atoms with Crippen molar-refractivity contribution in [1.29, 1.82) is 0 Å². The minimum Gasteiger partial charge on any atom is -0.393 e. The van der Waals surface area contributed by atoms with Gasteiger partial charge in [-0.25, -0.2) is 0 Å². The maximum absolute atomic E-state index is 9.77. The third kappa shape index (κ3) is 0.736. The van der Waals surface area contributed by atoms with E-state index in [1.165, 1.54) is 19.3 Å². The number of aliphatic hydroxyl groups excluding tert-OH is 1. The summed E-state index contributed by atoms with van der Waals surface area (Å²) in [6, 6.07) is 0. The van der Waals surface area contributed by atoms with Crippen LogP contribution in [0, 0.1) is 29.6 Å². The van der Waals surface area contributed by atoms with Gasteiger partial charge in [0.05, 0.1) is 6.10 Å². The Kier molecular flexibility index (Phi) is 1.39. The zero-order valence-electron chi connectivity index (χ0n) is 7.74. The van der Waals surface area contributed by atoms with Gasteiger partial charge in [0.15, 0.2) is 0 Å². The van der Waals surface area contributed by atoms with E-state index in [-0.39, 0.29) is 6.10 Å². The van der Waals surface area contributed by atoms with Crippen LogP contribution in [0.3, 0.4) is 0 Å². The summed E-state index contributed by atoms with van der Waals surface area (Å²) in [6.07, 6.45) is 5.57. The standard InChI is InChI=1S/C11H18O/c1-6-10(12)5-9-7-2-3-8(4-7)11(6)9/h6-12H,2-5H2,1H3/t6-,7?,8?,9?,10?,11?/m1/s1. The van der Waals surface area contributed by atoms with E-state index in [1.807, 2.05) is 0 Å². The molecule has 2 bridgehead atoms. The first kappa shape index (κ1) is 7.37.